The van der Waals surface area contributed by atoms with Gasteiger partial charge < -0.3 is 9.84 Å². The van der Waals surface area contributed by atoms with Crippen LogP contribution in [0.2, 0.25) is 5.02 Å². The minimum Gasteiger partial charge on any atom is -0.506 e. The first-order valence-corrected chi connectivity index (χ1v) is 6.61. The highest BCUT2D eigenvalue weighted by Crippen LogP contribution is 2.50. The molecule has 3 rings (SSSR count). The highest BCUT2D eigenvalue weighted by atomic mass is 35.5. The maximum Gasteiger partial charge on any atom is 0.137 e. The second kappa shape index (κ2) is 3.55. The van der Waals surface area contributed by atoms with Crippen LogP contribution in [0.5, 0.6) is 11.5 Å². The van der Waals surface area contributed by atoms with E-state index >= 15 is 0 Å². The molecule has 0 radical (unpaired) electrons. The Bertz CT molecular complexity index is 490. The molecule has 0 unspecified atom stereocenters. The number of hydrogen-bond donors (Lipinski definition) is 1. The minimum absolute atomic E-state index is 0.0739. The molecule has 1 aliphatic heterocycles. The largest absolute Gasteiger partial charge is 0.506 e. The molecule has 2 nitrogen and oxygen atoms in total. The molecule has 0 amide bonds. The lowest BCUT2D eigenvalue weighted by Gasteiger charge is -2.46. The van der Waals surface area contributed by atoms with E-state index in [1.165, 1.54) is 6.42 Å². The number of fused-ring (bicyclic) bond motifs is 1. The third-order valence-corrected chi connectivity index (χ3v) is 4.83. The van der Waals surface area contributed by atoms with Crippen LogP contribution in [0, 0.1) is 13.8 Å². The summed E-state index contributed by atoms with van der Waals surface area (Å²) in [6.45, 7) is 3.89. The first-order chi connectivity index (χ1) is 8.04. The van der Waals surface area contributed by atoms with Crippen LogP contribution in [-0.4, -0.2) is 10.7 Å². The molecule has 92 valence electrons. The van der Waals surface area contributed by atoms with Crippen molar-refractivity contribution in [1.82, 2.24) is 0 Å². The van der Waals surface area contributed by atoms with Gasteiger partial charge in [0.25, 0.3) is 0 Å². The highest BCUT2D eigenvalue weighted by molar-refractivity contribution is 6.33. The second-order valence-corrected chi connectivity index (χ2v) is 5.74. The van der Waals surface area contributed by atoms with Crippen LogP contribution >= 0.6 is 11.6 Å². The van der Waals surface area contributed by atoms with Crippen molar-refractivity contribution in [3.8, 4) is 11.5 Å². The van der Waals surface area contributed by atoms with Crippen LogP contribution < -0.4 is 4.74 Å². The minimum atomic E-state index is 0.0739. The van der Waals surface area contributed by atoms with Gasteiger partial charge in [-0.1, -0.05) is 11.6 Å². The Hall–Kier alpha value is -0.890. The van der Waals surface area contributed by atoms with Crippen LogP contribution in [0.4, 0.5) is 0 Å². The predicted octanol–water partition coefficient (Wildman–Crippen LogP) is 3.91. The zero-order valence-corrected chi connectivity index (χ0v) is 11.0. The van der Waals surface area contributed by atoms with E-state index in [-0.39, 0.29) is 11.4 Å². The lowest BCUT2D eigenvalue weighted by atomic mass is 9.74. The molecular weight excluding hydrogens is 236 g/mol. The summed E-state index contributed by atoms with van der Waals surface area (Å²) in [5, 5.41) is 10.4. The van der Waals surface area contributed by atoms with E-state index in [0.29, 0.717) is 5.02 Å². The SMILES string of the molecule is Cc1c(C)c2c(c(Cl)c1O)CCC1(CCC1)O2. The molecule has 0 saturated heterocycles. The fourth-order valence-corrected chi connectivity index (χ4v) is 3.21. The average Bonchev–Trinajstić information content (AvgIpc) is 2.31. The summed E-state index contributed by atoms with van der Waals surface area (Å²) in [5.74, 6) is 1.15. The molecule has 1 N–H and O–H groups in total. The molecule has 0 aromatic heterocycles. The lowest BCUT2D eigenvalue weighted by Crippen LogP contribution is -2.46. The summed E-state index contributed by atoms with van der Waals surface area (Å²) >= 11 is 6.21. The van der Waals surface area contributed by atoms with Gasteiger partial charge in [0.1, 0.15) is 17.1 Å². The smallest absolute Gasteiger partial charge is 0.137 e. The molecule has 1 heterocycles. The molecule has 3 heteroatoms. The highest BCUT2D eigenvalue weighted by Gasteiger charge is 2.43. The van der Waals surface area contributed by atoms with Crippen molar-refractivity contribution in [3.63, 3.8) is 0 Å². The summed E-state index contributed by atoms with van der Waals surface area (Å²) < 4.78 is 6.21. The van der Waals surface area contributed by atoms with E-state index in [1.807, 2.05) is 13.8 Å². The topological polar surface area (TPSA) is 29.5 Å². The van der Waals surface area contributed by atoms with Gasteiger partial charge in [-0.05, 0) is 57.1 Å². The van der Waals surface area contributed by atoms with Gasteiger partial charge in [-0.25, -0.2) is 0 Å². The molecule has 0 bridgehead atoms. The average molecular weight is 253 g/mol. The van der Waals surface area contributed by atoms with Gasteiger partial charge in [0.05, 0.1) is 5.02 Å². The number of phenols is 1. The van der Waals surface area contributed by atoms with Gasteiger partial charge >= 0.3 is 0 Å². The van der Waals surface area contributed by atoms with Gasteiger partial charge in [0.2, 0.25) is 0 Å². The fraction of sp³-hybridized carbons (Fsp3) is 0.571. The number of ether oxygens (including phenoxy) is 1. The fourth-order valence-electron chi connectivity index (χ4n) is 2.89. The predicted molar refractivity (Wildman–Crippen MR) is 68.1 cm³/mol. The van der Waals surface area contributed by atoms with E-state index < -0.39 is 0 Å². The standard InChI is InChI=1S/C14H17ClO2/c1-8-9(2)13-10(11(15)12(8)16)4-7-14(17-13)5-3-6-14/h16H,3-7H2,1-2H3. The Kier molecular flexibility index (Phi) is 2.34. The molecule has 17 heavy (non-hydrogen) atoms. The monoisotopic (exact) mass is 252 g/mol. The lowest BCUT2D eigenvalue weighted by molar-refractivity contribution is -0.0256. The summed E-state index contributed by atoms with van der Waals surface area (Å²) in [5.41, 5.74) is 2.94. The van der Waals surface area contributed by atoms with E-state index in [0.717, 1.165) is 48.1 Å². The number of phenolic OH excluding ortho intramolecular Hbond substituents is 1. The molecule has 0 atom stereocenters. The Morgan fingerprint density at radius 3 is 2.47 bits per heavy atom. The van der Waals surface area contributed by atoms with Crippen LogP contribution in [0.1, 0.15) is 42.4 Å². The summed E-state index contributed by atoms with van der Waals surface area (Å²) in [6.07, 6.45) is 5.52. The molecule has 2 aliphatic rings. The molecule has 1 fully saturated rings. The van der Waals surface area contributed by atoms with Crippen molar-refractivity contribution in [3.05, 3.63) is 21.7 Å². The van der Waals surface area contributed by atoms with E-state index in [4.69, 9.17) is 16.3 Å². The van der Waals surface area contributed by atoms with E-state index in [1.54, 1.807) is 0 Å². The van der Waals surface area contributed by atoms with Crippen molar-refractivity contribution in [2.75, 3.05) is 0 Å². The normalized spacial score (nSPS) is 20.6. The van der Waals surface area contributed by atoms with Crippen molar-refractivity contribution in [2.24, 2.45) is 0 Å². The number of aromatic hydroxyl groups is 1. The second-order valence-electron chi connectivity index (χ2n) is 5.36. The molecule has 1 spiro atoms. The summed E-state index contributed by atoms with van der Waals surface area (Å²) in [7, 11) is 0. The van der Waals surface area contributed by atoms with Gasteiger partial charge in [0, 0.05) is 5.56 Å². The summed E-state index contributed by atoms with van der Waals surface area (Å²) in [6, 6.07) is 0. The maximum absolute atomic E-state index is 9.96. The molecular formula is C14H17ClO2. The Morgan fingerprint density at radius 2 is 1.88 bits per heavy atom. The number of rotatable bonds is 0. The van der Waals surface area contributed by atoms with Crippen molar-refractivity contribution < 1.29 is 9.84 Å². The van der Waals surface area contributed by atoms with E-state index in [9.17, 15) is 5.11 Å². The zero-order valence-electron chi connectivity index (χ0n) is 10.3. The van der Waals surface area contributed by atoms with Gasteiger partial charge in [-0.3, -0.25) is 0 Å². The maximum atomic E-state index is 9.96. The van der Waals surface area contributed by atoms with Crippen LogP contribution in [0.15, 0.2) is 0 Å². The quantitative estimate of drug-likeness (QED) is 0.759. The first kappa shape index (κ1) is 11.2. The first-order valence-electron chi connectivity index (χ1n) is 6.24. The Labute approximate surface area is 107 Å². The van der Waals surface area contributed by atoms with Gasteiger partial charge in [-0.15, -0.1) is 0 Å². The van der Waals surface area contributed by atoms with Gasteiger partial charge in [0.15, 0.2) is 0 Å². The third-order valence-electron chi connectivity index (χ3n) is 4.42. The van der Waals surface area contributed by atoms with Crippen LogP contribution in [-0.2, 0) is 6.42 Å². The number of halogens is 1. The number of hydrogen-bond acceptors (Lipinski definition) is 2. The van der Waals surface area contributed by atoms with Crippen molar-refractivity contribution in [1.29, 1.82) is 0 Å². The molecule has 1 saturated carbocycles. The molecule has 1 aromatic carbocycles. The van der Waals surface area contributed by atoms with Gasteiger partial charge in [-0.2, -0.15) is 0 Å². The van der Waals surface area contributed by atoms with Crippen molar-refractivity contribution in [2.45, 2.75) is 51.6 Å². The number of benzene rings is 1. The van der Waals surface area contributed by atoms with Crippen LogP contribution in [0.25, 0.3) is 0 Å². The van der Waals surface area contributed by atoms with E-state index in [2.05, 4.69) is 0 Å². The zero-order chi connectivity index (χ0) is 12.2. The van der Waals surface area contributed by atoms with Crippen molar-refractivity contribution >= 4 is 11.6 Å². The molecule has 1 aromatic rings. The Balaban J connectivity index is 2.13. The summed E-state index contributed by atoms with van der Waals surface area (Å²) in [4.78, 5) is 0. The van der Waals surface area contributed by atoms with Crippen LogP contribution in [0.3, 0.4) is 0 Å². The third kappa shape index (κ3) is 1.46. The molecule has 1 aliphatic carbocycles. The Morgan fingerprint density at radius 1 is 1.18 bits per heavy atom.